The van der Waals surface area contributed by atoms with Crippen molar-refractivity contribution in [1.29, 1.82) is 0 Å². The van der Waals surface area contributed by atoms with Gasteiger partial charge in [-0.05, 0) is 42.8 Å². The van der Waals surface area contributed by atoms with Crippen LogP contribution in [0.3, 0.4) is 0 Å². The summed E-state index contributed by atoms with van der Waals surface area (Å²) in [7, 11) is 0. The van der Waals surface area contributed by atoms with Crippen LogP contribution >= 0.6 is 27.5 Å². The van der Waals surface area contributed by atoms with Gasteiger partial charge in [-0.15, -0.1) is 0 Å². The zero-order chi connectivity index (χ0) is 15.4. The molecule has 2 aromatic carbocycles. The first-order valence-electron chi connectivity index (χ1n) is 6.22. The van der Waals surface area contributed by atoms with Gasteiger partial charge in [0.15, 0.2) is 0 Å². The van der Waals surface area contributed by atoms with Crippen LogP contribution in [-0.2, 0) is 0 Å². The molecule has 2 aromatic rings. The van der Waals surface area contributed by atoms with E-state index in [2.05, 4.69) is 26.0 Å². The van der Waals surface area contributed by atoms with Gasteiger partial charge in [0.25, 0.3) is 0 Å². The highest BCUT2D eigenvalue weighted by Crippen LogP contribution is 2.30. The number of anilines is 1. The van der Waals surface area contributed by atoms with Crippen molar-refractivity contribution in [3.05, 3.63) is 57.5 Å². The molecule has 112 valence electrons. The lowest BCUT2D eigenvalue weighted by atomic mass is 10.1. The molecule has 21 heavy (non-hydrogen) atoms. The zero-order valence-corrected chi connectivity index (χ0v) is 13.5. The molecule has 0 saturated carbocycles. The first kappa shape index (κ1) is 16.0. The predicted molar refractivity (Wildman–Crippen MR) is 84.3 cm³/mol. The maximum Gasteiger partial charge on any atom is 0.387 e. The second kappa shape index (κ2) is 7.09. The van der Waals surface area contributed by atoms with Gasteiger partial charge in [-0.3, -0.25) is 0 Å². The minimum Gasteiger partial charge on any atom is -0.433 e. The molecule has 0 radical (unpaired) electrons. The third-order valence-electron chi connectivity index (χ3n) is 2.88. The van der Waals surface area contributed by atoms with Gasteiger partial charge in [0.05, 0.1) is 5.02 Å². The van der Waals surface area contributed by atoms with Crippen molar-refractivity contribution in [2.24, 2.45) is 0 Å². The average molecular weight is 377 g/mol. The Morgan fingerprint density at radius 1 is 1.19 bits per heavy atom. The maximum atomic E-state index is 12.2. The fraction of sp³-hybridized carbons (Fsp3) is 0.200. The van der Waals surface area contributed by atoms with Crippen molar-refractivity contribution in [1.82, 2.24) is 0 Å². The summed E-state index contributed by atoms with van der Waals surface area (Å²) in [4.78, 5) is 0. The van der Waals surface area contributed by atoms with Gasteiger partial charge in [0.1, 0.15) is 5.75 Å². The third-order valence-corrected chi connectivity index (χ3v) is 3.67. The lowest BCUT2D eigenvalue weighted by Gasteiger charge is -2.17. The van der Waals surface area contributed by atoms with Crippen LogP contribution < -0.4 is 10.1 Å². The fourth-order valence-corrected chi connectivity index (χ4v) is 2.53. The Hall–Kier alpha value is -1.33. The minimum atomic E-state index is -2.89. The normalized spacial score (nSPS) is 12.3. The second-order valence-corrected chi connectivity index (χ2v) is 5.77. The number of hydrogen-bond acceptors (Lipinski definition) is 2. The molecule has 0 aliphatic rings. The molecule has 1 N–H and O–H groups in total. The van der Waals surface area contributed by atoms with Crippen LogP contribution in [0, 0.1) is 0 Å². The van der Waals surface area contributed by atoms with Gasteiger partial charge in [-0.1, -0.05) is 39.7 Å². The molecular formula is C15H13BrClF2NO. The standard InChI is InChI=1S/C15H13BrClF2NO/c1-9(10-3-2-4-11(16)7-10)20-12-5-6-14(13(17)8-12)21-15(18)19/h2-9,15,20H,1H3. The van der Waals surface area contributed by atoms with Crippen LogP contribution in [0.4, 0.5) is 14.5 Å². The molecule has 0 fully saturated rings. The molecule has 0 bridgehead atoms. The Labute approximate surface area is 135 Å². The van der Waals surface area contributed by atoms with Crippen molar-refractivity contribution < 1.29 is 13.5 Å². The molecule has 1 atom stereocenters. The van der Waals surface area contributed by atoms with E-state index < -0.39 is 6.61 Å². The number of ether oxygens (including phenoxy) is 1. The Kier molecular flexibility index (Phi) is 5.42. The van der Waals surface area contributed by atoms with E-state index in [-0.39, 0.29) is 16.8 Å². The first-order valence-corrected chi connectivity index (χ1v) is 7.39. The Bertz CT molecular complexity index is 624. The number of halogens is 4. The molecule has 0 aliphatic heterocycles. The molecule has 2 rings (SSSR count). The SMILES string of the molecule is CC(Nc1ccc(OC(F)F)c(Cl)c1)c1cccc(Br)c1. The topological polar surface area (TPSA) is 21.3 Å². The van der Waals surface area contributed by atoms with E-state index in [4.69, 9.17) is 11.6 Å². The zero-order valence-electron chi connectivity index (χ0n) is 11.1. The molecule has 6 heteroatoms. The minimum absolute atomic E-state index is 0.0349. The molecule has 0 aromatic heterocycles. The monoisotopic (exact) mass is 375 g/mol. The van der Waals surface area contributed by atoms with Crippen LogP contribution in [0.5, 0.6) is 5.75 Å². The molecular weight excluding hydrogens is 364 g/mol. The van der Waals surface area contributed by atoms with Gasteiger partial charge in [0, 0.05) is 16.2 Å². The average Bonchev–Trinajstić information content (AvgIpc) is 2.41. The largest absolute Gasteiger partial charge is 0.433 e. The number of nitrogens with one attached hydrogen (secondary N) is 1. The lowest BCUT2D eigenvalue weighted by molar-refractivity contribution is -0.0497. The van der Waals surface area contributed by atoms with E-state index in [1.54, 1.807) is 12.1 Å². The summed E-state index contributed by atoms with van der Waals surface area (Å²) >= 11 is 9.35. The number of benzene rings is 2. The summed E-state index contributed by atoms with van der Waals surface area (Å²) in [5, 5.41) is 3.40. The smallest absolute Gasteiger partial charge is 0.387 e. The van der Waals surface area contributed by atoms with Crippen molar-refractivity contribution in [2.45, 2.75) is 19.6 Å². The van der Waals surface area contributed by atoms with Gasteiger partial charge >= 0.3 is 6.61 Å². The quantitative estimate of drug-likeness (QED) is 0.704. The fourth-order valence-electron chi connectivity index (χ4n) is 1.89. The van der Waals surface area contributed by atoms with Crippen molar-refractivity contribution in [3.8, 4) is 5.75 Å². The summed E-state index contributed by atoms with van der Waals surface area (Å²) in [5.74, 6) is -0.0349. The van der Waals surface area contributed by atoms with Crippen LogP contribution in [-0.4, -0.2) is 6.61 Å². The highest BCUT2D eigenvalue weighted by Gasteiger charge is 2.11. The van der Waals surface area contributed by atoms with E-state index >= 15 is 0 Å². The van der Waals surface area contributed by atoms with Crippen molar-refractivity contribution in [3.63, 3.8) is 0 Å². The van der Waals surface area contributed by atoms with Gasteiger partial charge in [-0.25, -0.2) is 0 Å². The summed E-state index contributed by atoms with van der Waals surface area (Å²) < 4.78 is 29.6. The highest BCUT2D eigenvalue weighted by atomic mass is 79.9. The van der Waals surface area contributed by atoms with E-state index in [1.165, 1.54) is 6.07 Å². The predicted octanol–water partition coefficient (Wildman–Crippen LogP) is 5.88. The van der Waals surface area contributed by atoms with E-state index in [0.29, 0.717) is 0 Å². The molecule has 0 aliphatic carbocycles. The molecule has 0 heterocycles. The van der Waals surface area contributed by atoms with Gasteiger partial charge in [-0.2, -0.15) is 8.78 Å². The summed E-state index contributed by atoms with van der Waals surface area (Å²) in [6, 6.07) is 12.6. The number of hydrogen-bond donors (Lipinski definition) is 1. The van der Waals surface area contributed by atoms with Gasteiger partial charge < -0.3 is 10.1 Å². The Morgan fingerprint density at radius 2 is 1.95 bits per heavy atom. The van der Waals surface area contributed by atoms with Crippen LogP contribution in [0.25, 0.3) is 0 Å². The summed E-state index contributed by atoms with van der Waals surface area (Å²) in [6.45, 7) is -0.888. The molecule has 0 spiro atoms. The number of rotatable bonds is 5. The molecule has 2 nitrogen and oxygen atoms in total. The summed E-state index contributed by atoms with van der Waals surface area (Å²) in [6.07, 6.45) is 0. The van der Waals surface area contributed by atoms with Crippen LogP contribution in [0.2, 0.25) is 5.02 Å². The first-order chi connectivity index (χ1) is 9.95. The Balaban J connectivity index is 2.11. The van der Waals surface area contributed by atoms with Crippen LogP contribution in [0.1, 0.15) is 18.5 Å². The molecule has 1 unspecified atom stereocenters. The van der Waals surface area contributed by atoms with Crippen molar-refractivity contribution in [2.75, 3.05) is 5.32 Å². The number of alkyl halides is 2. The van der Waals surface area contributed by atoms with Crippen molar-refractivity contribution >= 4 is 33.2 Å². The third kappa shape index (κ3) is 4.58. The van der Waals surface area contributed by atoms with E-state index in [0.717, 1.165) is 15.7 Å². The van der Waals surface area contributed by atoms with E-state index in [9.17, 15) is 8.78 Å². The van der Waals surface area contributed by atoms with E-state index in [1.807, 2.05) is 31.2 Å². The van der Waals surface area contributed by atoms with Gasteiger partial charge in [0.2, 0.25) is 0 Å². The maximum absolute atomic E-state index is 12.2. The second-order valence-electron chi connectivity index (χ2n) is 4.44. The van der Waals surface area contributed by atoms with Crippen LogP contribution in [0.15, 0.2) is 46.9 Å². The molecule has 0 saturated heterocycles. The highest BCUT2D eigenvalue weighted by molar-refractivity contribution is 9.10. The molecule has 0 amide bonds. The summed E-state index contributed by atoms with van der Waals surface area (Å²) in [5.41, 5.74) is 1.82. The lowest BCUT2D eigenvalue weighted by Crippen LogP contribution is -2.07. The Morgan fingerprint density at radius 3 is 2.57 bits per heavy atom.